The van der Waals surface area contributed by atoms with Gasteiger partial charge >= 0.3 is 6.36 Å². The van der Waals surface area contributed by atoms with Gasteiger partial charge in [-0.3, -0.25) is 14.5 Å². The highest BCUT2D eigenvalue weighted by molar-refractivity contribution is 8.15. The van der Waals surface area contributed by atoms with Gasteiger partial charge in [-0.2, -0.15) is 4.99 Å². The Labute approximate surface area is 249 Å². The lowest BCUT2D eigenvalue weighted by atomic mass is 10.0. The molecule has 1 aliphatic rings. The Morgan fingerprint density at radius 2 is 1.84 bits per heavy atom. The SMILES string of the molecule is COc1ccc(N2C(=O)CSC2=NC(=O)CCCc2cccc(-c3ncn(-c4ccc(OC(F)(F)F)cc4)n3)c2)c(C)c1. The van der Waals surface area contributed by atoms with Gasteiger partial charge in [-0.25, -0.2) is 9.67 Å². The normalized spacial score (nSPS) is 14.4. The van der Waals surface area contributed by atoms with E-state index in [2.05, 4.69) is 19.8 Å². The van der Waals surface area contributed by atoms with Crippen LogP contribution in [0.4, 0.5) is 18.9 Å². The predicted octanol–water partition coefficient (Wildman–Crippen LogP) is 6.14. The van der Waals surface area contributed by atoms with Crippen LogP contribution in [0.1, 0.15) is 24.0 Å². The molecule has 0 aliphatic carbocycles. The third-order valence-electron chi connectivity index (χ3n) is 6.50. The number of nitrogens with zero attached hydrogens (tertiary/aromatic N) is 5. The van der Waals surface area contributed by atoms with Gasteiger partial charge in [0.1, 0.15) is 17.8 Å². The van der Waals surface area contributed by atoms with Crippen LogP contribution in [-0.2, 0) is 16.0 Å². The second-order valence-electron chi connectivity index (χ2n) is 9.57. The molecule has 43 heavy (non-hydrogen) atoms. The number of rotatable bonds is 9. The van der Waals surface area contributed by atoms with Gasteiger partial charge in [0.15, 0.2) is 11.0 Å². The first kappa shape index (κ1) is 29.8. The molecule has 0 bridgehead atoms. The topological polar surface area (TPSA) is 98.9 Å². The minimum atomic E-state index is -4.76. The Hall–Kier alpha value is -4.65. The molecule has 0 N–H and O–H groups in total. The van der Waals surface area contributed by atoms with Crippen LogP contribution in [0.5, 0.6) is 11.5 Å². The molecule has 0 radical (unpaired) electrons. The number of thioether (sulfide) groups is 1. The van der Waals surface area contributed by atoms with E-state index in [0.717, 1.165) is 16.7 Å². The molecule has 2 heterocycles. The Balaban J connectivity index is 1.19. The monoisotopic (exact) mass is 609 g/mol. The van der Waals surface area contributed by atoms with E-state index in [0.29, 0.717) is 41.0 Å². The third-order valence-corrected chi connectivity index (χ3v) is 7.42. The first-order valence-electron chi connectivity index (χ1n) is 13.2. The molecular weight excluding hydrogens is 583 g/mol. The number of alkyl halides is 3. The highest BCUT2D eigenvalue weighted by Crippen LogP contribution is 2.32. The number of hydrogen-bond acceptors (Lipinski definition) is 7. The summed E-state index contributed by atoms with van der Waals surface area (Å²) in [5.41, 5.74) is 3.76. The van der Waals surface area contributed by atoms with Gasteiger partial charge in [-0.15, -0.1) is 18.3 Å². The number of halogens is 3. The maximum Gasteiger partial charge on any atom is 0.573 e. The summed E-state index contributed by atoms with van der Waals surface area (Å²) in [5, 5.41) is 4.81. The van der Waals surface area contributed by atoms with Gasteiger partial charge in [-0.1, -0.05) is 30.0 Å². The minimum absolute atomic E-state index is 0.134. The third kappa shape index (κ3) is 7.41. The van der Waals surface area contributed by atoms with Crippen molar-refractivity contribution in [1.29, 1.82) is 0 Å². The predicted molar refractivity (Wildman–Crippen MR) is 157 cm³/mol. The molecule has 0 unspecified atom stereocenters. The number of aromatic nitrogens is 3. The molecule has 222 valence electrons. The van der Waals surface area contributed by atoms with E-state index in [4.69, 9.17) is 4.74 Å². The number of ether oxygens (including phenoxy) is 2. The number of amidine groups is 1. The summed E-state index contributed by atoms with van der Waals surface area (Å²) < 4.78 is 47.9. The van der Waals surface area contributed by atoms with Crippen LogP contribution < -0.4 is 14.4 Å². The summed E-state index contributed by atoms with van der Waals surface area (Å²) in [4.78, 5) is 35.4. The fourth-order valence-electron chi connectivity index (χ4n) is 4.48. The first-order chi connectivity index (χ1) is 20.6. The average molecular weight is 610 g/mol. The summed E-state index contributed by atoms with van der Waals surface area (Å²) >= 11 is 1.24. The minimum Gasteiger partial charge on any atom is -0.497 e. The molecule has 0 spiro atoms. The molecule has 1 aliphatic heterocycles. The van der Waals surface area contributed by atoms with E-state index < -0.39 is 6.36 Å². The van der Waals surface area contributed by atoms with Crippen molar-refractivity contribution in [3.05, 3.63) is 84.2 Å². The molecule has 1 saturated heterocycles. The maximum absolute atomic E-state index is 12.7. The number of carbonyl (C=O) groups is 2. The molecule has 13 heteroatoms. The number of methoxy groups -OCH3 is 1. The van der Waals surface area contributed by atoms with Gasteiger partial charge in [0.2, 0.25) is 11.8 Å². The summed E-state index contributed by atoms with van der Waals surface area (Å²) in [7, 11) is 1.57. The van der Waals surface area contributed by atoms with Crippen molar-refractivity contribution in [3.8, 4) is 28.6 Å². The number of hydrogen-bond donors (Lipinski definition) is 0. The van der Waals surface area contributed by atoms with Gasteiger partial charge < -0.3 is 9.47 Å². The molecular formula is C30H26F3N5O4S. The second-order valence-corrected chi connectivity index (χ2v) is 10.5. The van der Waals surface area contributed by atoms with Crippen LogP contribution in [0, 0.1) is 6.92 Å². The quantitative estimate of drug-likeness (QED) is 0.225. The number of anilines is 1. The van der Waals surface area contributed by atoms with E-state index in [1.54, 1.807) is 19.2 Å². The zero-order valence-electron chi connectivity index (χ0n) is 23.2. The second kappa shape index (κ2) is 12.7. The smallest absolute Gasteiger partial charge is 0.497 e. The van der Waals surface area contributed by atoms with E-state index in [9.17, 15) is 22.8 Å². The first-order valence-corrected chi connectivity index (χ1v) is 14.2. The summed E-state index contributed by atoms with van der Waals surface area (Å²) in [6, 6.07) is 18.3. The Morgan fingerprint density at radius 1 is 1.07 bits per heavy atom. The van der Waals surface area contributed by atoms with Crippen molar-refractivity contribution in [1.82, 2.24) is 14.8 Å². The van der Waals surface area contributed by atoms with Crippen LogP contribution >= 0.6 is 11.8 Å². The summed E-state index contributed by atoms with van der Waals surface area (Å²) in [6.07, 6.45) is -1.92. The molecule has 5 rings (SSSR count). The fraction of sp³-hybridized carbons (Fsp3) is 0.233. The van der Waals surface area contributed by atoms with E-state index in [1.165, 1.54) is 51.9 Å². The molecule has 0 atom stereocenters. The zero-order valence-corrected chi connectivity index (χ0v) is 24.0. The average Bonchev–Trinajstić information content (AvgIpc) is 3.60. The highest BCUT2D eigenvalue weighted by Gasteiger charge is 2.32. The summed E-state index contributed by atoms with van der Waals surface area (Å²) in [6.45, 7) is 1.87. The molecule has 0 saturated carbocycles. The van der Waals surface area contributed by atoms with Gasteiger partial charge in [0.05, 0.1) is 24.2 Å². The van der Waals surface area contributed by atoms with Crippen LogP contribution in [0.2, 0.25) is 0 Å². The number of aryl methyl sites for hydroxylation is 2. The van der Waals surface area contributed by atoms with Crippen molar-refractivity contribution < 1.29 is 32.2 Å². The standard InChI is InChI=1S/C30H26F3N5O4S/c1-19-15-24(41-2)13-14-25(19)38-27(40)17-43-29(38)35-26(39)8-4-6-20-5-3-7-21(16-20)28-34-18-37(36-28)22-9-11-23(12-10-22)42-30(31,32)33/h3,5,7,9-16,18H,4,6,8,17H2,1-2H3. The molecule has 2 amide bonds. The lowest BCUT2D eigenvalue weighted by molar-refractivity contribution is -0.274. The van der Waals surface area contributed by atoms with Crippen molar-refractivity contribution in [2.45, 2.75) is 32.5 Å². The largest absolute Gasteiger partial charge is 0.573 e. The van der Waals surface area contributed by atoms with Crippen LogP contribution in [0.3, 0.4) is 0 Å². The lowest BCUT2D eigenvalue weighted by Gasteiger charge is -2.18. The number of aliphatic imine (C=N–C) groups is 1. The maximum atomic E-state index is 12.7. The molecule has 1 aromatic heterocycles. The number of carbonyl (C=O) groups excluding carboxylic acids is 2. The van der Waals surface area contributed by atoms with E-state index in [-0.39, 0.29) is 29.7 Å². The van der Waals surface area contributed by atoms with Crippen molar-refractivity contribution >= 4 is 34.4 Å². The van der Waals surface area contributed by atoms with Gasteiger partial charge in [0, 0.05) is 12.0 Å². The summed E-state index contributed by atoms with van der Waals surface area (Å²) in [5.74, 6) is 0.565. The van der Waals surface area contributed by atoms with Crippen molar-refractivity contribution in [3.63, 3.8) is 0 Å². The molecule has 9 nitrogen and oxygen atoms in total. The highest BCUT2D eigenvalue weighted by atomic mass is 32.2. The molecule has 4 aromatic rings. The Bertz CT molecular complexity index is 1670. The Kier molecular flexibility index (Phi) is 8.81. The number of benzene rings is 3. The molecule has 3 aromatic carbocycles. The lowest BCUT2D eigenvalue weighted by Crippen LogP contribution is -2.30. The Morgan fingerprint density at radius 3 is 2.56 bits per heavy atom. The van der Waals surface area contributed by atoms with Crippen LogP contribution in [0.25, 0.3) is 17.1 Å². The fourth-order valence-corrected chi connectivity index (χ4v) is 5.36. The van der Waals surface area contributed by atoms with Crippen molar-refractivity contribution in [2.24, 2.45) is 4.99 Å². The van der Waals surface area contributed by atoms with Gasteiger partial charge in [0.25, 0.3) is 0 Å². The van der Waals surface area contributed by atoms with Crippen molar-refractivity contribution in [2.75, 3.05) is 17.8 Å². The van der Waals surface area contributed by atoms with Crippen LogP contribution in [-0.4, -0.2) is 51.0 Å². The van der Waals surface area contributed by atoms with E-state index in [1.807, 2.05) is 37.3 Å². The van der Waals surface area contributed by atoms with Gasteiger partial charge in [-0.05, 0) is 79.4 Å². The molecule has 1 fully saturated rings. The number of amides is 2. The zero-order chi connectivity index (χ0) is 30.6. The van der Waals surface area contributed by atoms with E-state index >= 15 is 0 Å². The van der Waals surface area contributed by atoms with Crippen LogP contribution in [0.15, 0.2) is 78.0 Å².